The molecule has 0 saturated carbocycles. The molecule has 0 amide bonds. The Hall–Kier alpha value is -7.51. The van der Waals surface area contributed by atoms with Gasteiger partial charge in [0.2, 0.25) is 11.8 Å². The van der Waals surface area contributed by atoms with E-state index >= 15 is 0 Å². The van der Waals surface area contributed by atoms with Crippen LogP contribution in [0, 0.1) is 0 Å². The SMILES string of the molecule is c1ccc(-c2nc3ccccc3n2-c2nc(-c3ccc4c5ccccc5c5ccccc5c4c3)nc(-c3nc4ccccc4n3-c3ccccc3)n2)cc1. The fraction of sp³-hybridized carbons (Fsp3) is 0. The molecule has 0 saturated heterocycles. The van der Waals surface area contributed by atoms with Crippen LogP contribution in [-0.2, 0) is 0 Å². The zero-order chi connectivity index (χ0) is 35.6. The van der Waals surface area contributed by atoms with Crippen molar-refractivity contribution in [3.63, 3.8) is 0 Å². The molecule has 3 heterocycles. The van der Waals surface area contributed by atoms with Gasteiger partial charge in [-0.25, -0.2) is 15.0 Å². The third-order valence-corrected chi connectivity index (χ3v) is 10.2. The van der Waals surface area contributed by atoms with Crippen LogP contribution in [0.25, 0.3) is 100 Å². The summed E-state index contributed by atoms with van der Waals surface area (Å²) in [5.41, 5.74) is 6.35. The topological polar surface area (TPSA) is 74.3 Å². The van der Waals surface area contributed by atoms with Gasteiger partial charge in [-0.2, -0.15) is 9.97 Å². The van der Waals surface area contributed by atoms with E-state index in [2.05, 4.69) is 108 Å². The Kier molecular flexibility index (Phi) is 6.72. The lowest BCUT2D eigenvalue weighted by Crippen LogP contribution is -2.09. The molecule has 0 aliphatic rings. The van der Waals surface area contributed by atoms with Gasteiger partial charge in [-0.3, -0.25) is 9.13 Å². The van der Waals surface area contributed by atoms with Crippen LogP contribution in [0.2, 0.25) is 0 Å². The van der Waals surface area contributed by atoms with Crippen molar-refractivity contribution in [2.24, 2.45) is 0 Å². The summed E-state index contributed by atoms with van der Waals surface area (Å²) in [5, 5.41) is 7.16. The lowest BCUT2D eigenvalue weighted by molar-refractivity contribution is 0.915. The highest BCUT2D eigenvalue weighted by Crippen LogP contribution is 2.38. The molecular formula is C47H29N7. The van der Waals surface area contributed by atoms with E-state index in [1.165, 1.54) is 26.9 Å². The first-order chi connectivity index (χ1) is 26.8. The largest absolute Gasteiger partial charge is 0.290 e. The normalized spacial score (nSPS) is 11.7. The van der Waals surface area contributed by atoms with E-state index in [4.69, 9.17) is 24.9 Å². The highest BCUT2D eigenvalue weighted by atomic mass is 15.2. The average Bonchev–Trinajstić information content (AvgIpc) is 3.84. The Labute approximate surface area is 309 Å². The van der Waals surface area contributed by atoms with E-state index in [1.807, 2.05) is 77.4 Å². The number of fused-ring (bicyclic) bond motifs is 8. The van der Waals surface area contributed by atoms with E-state index in [0.29, 0.717) is 23.4 Å². The standard InChI is InChI=1S/C47H29N7/c1-3-15-30(16-4-1)45-48-40-24-12-14-26-42(40)54(45)47-51-43(31-27-28-37-35-21-8-7-19-33(35)34-20-9-10-22-36(34)38(37)29-31)50-44(52-47)46-49-39-23-11-13-25-41(39)53(46)32-17-5-2-6-18-32/h1-29H. The van der Waals surface area contributed by atoms with E-state index in [9.17, 15) is 0 Å². The average molecular weight is 692 g/mol. The minimum Gasteiger partial charge on any atom is -0.290 e. The zero-order valence-corrected chi connectivity index (χ0v) is 28.9. The van der Waals surface area contributed by atoms with E-state index < -0.39 is 0 Å². The van der Waals surface area contributed by atoms with Crippen LogP contribution in [0.1, 0.15) is 0 Å². The summed E-state index contributed by atoms with van der Waals surface area (Å²) < 4.78 is 4.17. The van der Waals surface area contributed by atoms with Crippen molar-refractivity contribution in [1.82, 2.24) is 34.1 Å². The Bertz CT molecular complexity index is 3180. The lowest BCUT2D eigenvalue weighted by Gasteiger charge is -2.14. The van der Waals surface area contributed by atoms with Gasteiger partial charge in [0.15, 0.2) is 11.6 Å². The van der Waals surface area contributed by atoms with Gasteiger partial charge in [0.25, 0.3) is 0 Å². The van der Waals surface area contributed by atoms with Gasteiger partial charge < -0.3 is 0 Å². The van der Waals surface area contributed by atoms with Gasteiger partial charge in [-0.05, 0) is 74.8 Å². The molecular weight excluding hydrogens is 663 g/mol. The lowest BCUT2D eigenvalue weighted by atomic mass is 9.93. The summed E-state index contributed by atoms with van der Waals surface area (Å²) in [4.78, 5) is 26.1. The maximum atomic E-state index is 5.28. The molecule has 7 nitrogen and oxygen atoms in total. The second-order valence-electron chi connectivity index (χ2n) is 13.4. The first-order valence-corrected chi connectivity index (χ1v) is 17.9. The first-order valence-electron chi connectivity index (χ1n) is 17.9. The first kappa shape index (κ1) is 30.1. The molecule has 54 heavy (non-hydrogen) atoms. The molecule has 0 radical (unpaired) electrons. The molecule has 0 N–H and O–H groups in total. The molecule has 0 bridgehead atoms. The number of hydrogen-bond donors (Lipinski definition) is 0. The van der Waals surface area contributed by atoms with Crippen molar-refractivity contribution in [3.05, 3.63) is 176 Å². The molecule has 252 valence electrons. The maximum absolute atomic E-state index is 5.28. The summed E-state index contributed by atoms with van der Waals surface area (Å²) in [7, 11) is 0. The molecule has 0 aliphatic carbocycles. The minimum absolute atomic E-state index is 0.454. The van der Waals surface area contributed by atoms with Crippen molar-refractivity contribution in [2.75, 3.05) is 0 Å². The third kappa shape index (κ3) is 4.72. The predicted molar refractivity (Wildman–Crippen MR) is 218 cm³/mol. The number of aromatic nitrogens is 7. The van der Waals surface area contributed by atoms with Crippen molar-refractivity contribution in [2.45, 2.75) is 0 Å². The van der Waals surface area contributed by atoms with E-state index in [1.54, 1.807) is 0 Å². The number of benzene rings is 8. The fourth-order valence-electron chi connectivity index (χ4n) is 7.76. The fourth-order valence-corrected chi connectivity index (χ4v) is 7.76. The molecule has 7 heteroatoms. The van der Waals surface area contributed by atoms with Crippen LogP contribution in [-0.4, -0.2) is 34.1 Å². The molecule has 8 aromatic carbocycles. The molecule has 0 unspecified atom stereocenters. The molecule has 0 spiro atoms. The summed E-state index contributed by atoms with van der Waals surface area (Å²) in [6.07, 6.45) is 0. The van der Waals surface area contributed by atoms with Crippen molar-refractivity contribution >= 4 is 54.4 Å². The van der Waals surface area contributed by atoms with Crippen LogP contribution in [0.5, 0.6) is 0 Å². The van der Waals surface area contributed by atoms with E-state index in [0.717, 1.165) is 50.1 Å². The van der Waals surface area contributed by atoms with Crippen LogP contribution < -0.4 is 0 Å². The second-order valence-corrected chi connectivity index (χ2v) is 13.4. The molecule has 11 aromatic rings. The van der Waals surface area contributed by atoms with Gasteiger partial charge in [-0.1, -0.05) is 133 Å². The Balaban J connectivity index is 1.23. The van der Waals surface area contributed by atoms with Gasteiger partial charge in [0.1, 0.15) is 5.82 Å². The minimum atomic E-state index is 0.454. The van der Waals surface area contributed by atoms with Gasteiger partial charge in [0, 0.05) is 16.8 Å². The molecule has 0 atom stereocenters. The van der Waals surface area contributed by atoms with Crippen molar-refractivity contribution in [1.29, 1.82) is 0 Å². The maximum Gasteiger partial charge on any atom is 0.240 e. The number of para-hydroxylation sites is 5. The summed E-state index contributed by atoms with van der Waals surface area (Å²) in [5.74, 6) is 2.81. The van der Waals surface area contributed by atoms with Crippen LogP contribution in [0.15, 0.2) is 176 Å². The van der Waals surface area contributed by atoms with Gasteiger partial charge >= 0.3 is 0 Å². The van der Waals surface area contributed by atoms with Crippen LogP contribution in [0.3, 0.4) is 0 Å². The number of hydrogen-bond acceptors (Lipinski definition) is 5. The Morgan fingerprint density at radius 3 is 1.48 bits per heavy atom. The Morgan fingerprint density at radius 2 is 0.815 bits per heavy atom. The predicted octanol–water partition coefficient (Wildman–Crippen LogP) is 11.0. The number of imidazole rings is 2. The highest BCUT2D eigenvalue weighted by molar-refractivity contribution is 6.25. The summed E-state index contributed by atoms with van der Waals surface area (Å²) in [6, 6.07) is 60.4. The Morgan fingerprint density at radius 1 is 0.315 bits per heavy atom. The quantitative estimate of drug-likeness (QED) is 0.168. The molecule has 11 rings (SSSR count). The van der Waals surface area contributed by atoms with Gasteiger partial charge in [-0.15, -0.1) is 0 Å². The second kappa shape index (κ2) is 12.0. The monoisotopic (exact) mass is 691 g/mol. The summed E-state index contributed by atoms with van der Waals surface area (Å²) >= 11 is 0. The van der Waals surface area contributed by atoms with Crippen molar-refractivity contribution in [3.8, 4) is 46.1 Å². The van der Waals surface area contributed by atoms with E-state index in [-0.39, 0.29) is 0 Å². The number of nitrogens with zero attached hydrogens (tertiary/aromatic N) is 7. The zero-order valence-electron chi connectivity index (χ0n) is 28.9. The third-order valence-electron chi connectivity index (χ3n) is 10.2. The van der Waals surface area contributed by atoms with Crippen LogP contribution >= 0.6 is 0 Å². The molecule has 0 fully saturated rings. The summed E-state index contributed by atoms with van der Waals surface area (Å²) in [6.45, 7) is 0. The van der Waals surface area contributed by atoms with Crippen LogP contribution in [0.4, 0.5) is 0 Å². The van der Waals surface area contributed by atoms with Gasteiger partial charge in [0.05, 0.1) is 22.1 Å². The molecule has 3 aromatic heterocycles. The molecule has 0 aliphatic heterocycles. The highest BCUT2D eigenvalue weighted by Gasteiger charge is 2.23. The number of rotatable bonds is 5. The smallest absolute Gasteiger partial charge is 0.240 e. The van der Waals surface area contributed by atoms with Crippen molar-refractivity contribution < 1.29 is 0 Å².